The average Bonchev–Trinajstić information content (AvgIpc) is 3.04. The van der Waals surface area contributed by atoms with Crippen LogP contribution in [-0.2, 0) is 11.3 Å². The highest BCUT2D eigenvalue weighted by Crippen LogP contribution is 2.15. The van der Waals surface area contributed by atoms with E-state index in [1.54, 1.807) is 24.4 Å². The first-order valence-electron chi connectivity index (χ1n) is 5.60. The zero-order valence-electron chi connectivity index (χ0n) is 10.6. The number of rotatable bonds is 4. The third kappa shape index (κ3) is 3.03. The lowest BCUT2D eigenvalue weighted by Gasteiger charge is -2.00. The van der Waals surface area contributed by atoms with Crippen LogP contribution in [0.15, 0.2) is 27.3 Å². The van der Waals surface area contributed by atoms with Crippen molar-refractivity contribution in [3.8, 4) is 0 Å². The number of methoxy groups -OCH3 is 1. The van der Waals surface area contributed by atoms with Gasteiger partial charge in [0.15, 0.2) is 0 Å². The van der Waals surface area contributed by atoms with Crippen LogP contribution in [0.2, 0.25) is 0 Å². The highest BCUT2D eigenvalue weighted by molar-refractivity contribution is 7.08. The Morgan fingerprint density at radius 2 is 2.26 bits per heavy atom. The fourth-order valence-electron chi connectivity index (χ4n) is 1.61. The van der Waals surface area contributed by atoms with E-state index in [2.05, 4.69) is 10.1 Å². The van der Waals surface area contributed by atoms with Crippen molar-refractivity contribution in [3.63, 3.8) is 0 Å². The lowest BCUT2D eigenvalue weighted by atomic mass is 10.2. The number of ether oxygens (including phenoxy) is 1. The molecule has 0 radical (unpaired) electrons. The van der Waals surface area contributed by atoms with Crippen LogP contribution in [0.3, 0.4) is 0 Å². The summed E-state index contributed by atoms with van der Waals surface area (Å²) in [6, 6.07) is 3.32. The Balaban J connectivity index is 2.01. The SMILES string of the molecule is COC(=O)c1cc(CNC(=O)c2ccsc2)oc1C. The van der Waals surface area contributed by atoms with E-state index in [0.717, 1.165) is 0 Å². The van der Waals surface area contributed by atoms with Crippen LogP contribution in [0, 0.1) is 6.92 Å². The highest BCUT2D eigenvalue weighted by atomic mass is 32.1. The molecule has 0 saturated heterocycles. The van der Waals surface area contributed by atoms with E-state index in [1.165, 1.54) is 18.4 Å². The first kappa shape index (κ1) is 13.4. The Bertz CT molecular complexity index is 586. The minimum atomic E-state index is -0.448. The molecule has 0 bridgehead atoms. The maximum Gasteiger partial charge on any atom is 0.341 e. The monoisotopic (exact) mass is 279 g/mol. The van der Waals surface area contributed by atoms with Crippen LogP contribution in [0.4, 0.5) is 0 Å². The van der Waals surface area contributed by atoms with Crippen molar-refractivity contribution >= 4 is 23.2 Å². The minimum Gasteiger partial charge on any atom is -0.465 e. The van der Waals surface area contributed by atoms with E-state index in [4.69, 9.17) is 4.42 Å². The van der Waals surface area contributed by atoms with Crippen LogP contribution < -0.4 is 5.32 Å². The Kier molecular flexibility index (Phi) is 4.01. The Morgan fingerprint density at radius 3 is 2.89 bits per heavy atom. The quantitative estimate of drug-likeness (QED) is 0.872. The molecule has 0 saturated carbocycles. The Hall–Kier alpha value is -2.08. The van der Waals surface area contributed by atoms with Gasteiger partial charge in [0.1, 0.15) is 17.1 Å². The number of hydrogen-bond acceptors (Lipinski definition) is 5. The summed E-state index contributed by atoms with van der Waals surface area (Å²) in [5.74, 6) is 0.375. The normalized spacial score (nSPS) is 10.2. The molecule has 100 valence electrons. The standard InChI is InChI=1S/C13H13NO4S/c1-8-11(13(16)17-2)5-10(18-8)6-14-12(15)9-3-4-19-7-9/h3-5,7H,6H2,1-2H3,(H,14,15). The van der Waals surface area contributed by atoms with Gasteiger partial charge in [-0.2, -0.15) is 11.3 Å². The zero-order chi connectivity index (χ0) is 13.8. The van der Waals surface area contributed by atoms with Gasteiger partial charge in [-0.3, -0.25) is 4.79 Å². The molecule has 6 heteroatoms. The van der Waals surface area contributed by atoms with Crippen molar-refractivity contribution in [2.24, 2.45) is 0 Å². The summed E-state index contributed by atoms with van der Waals surface area (Å²) in [7, 11) is 1.31. The molecule has 0 aliphatic heterocycles. The molecule has 2 aromatic rings. The Labute approximate surface area is 114 Å². The molecule has 2 rings (SSSR count). The van der Waals surface area contributed by atoms with Crippen LogP contribution in [0.25, 0.3) is 0 Å². The maximum absolute atomic E-state index is 11.7. The molecular formula is C13H13NO4S. The molecule has 2 aromatic heterocycles. The topological polar surface area (TPSA) is 68.5 Å². The third-order valence-corrected chi connectivity index (χ3v) is 3.26. The molecule has 1 amide bonds. The van der Waals surface area contributed by atoms with Crippen molar-refractivity contribution in [3.05, 3.63) is 45.5 Å². The molecule has 2 heterocycles. The summed E-state index contributed by atoms with van der Waals surface area (Å²) in [6.07, 6.45) is 0. The molecule has 0 fully saturated rings. The second kappa shape index (κ2) is 5.71. The van der Waals surface area contributed by atoms with Crippen molar-refractivity contribution in [1.29, 1.82) is 0 Å². The van der Waals surface area contributed by atoms with Crippen LogP contribution >= 0.6 is 11.3 Å². The van der Waals surface area contributed by atoms with Gasteiger partial charge in [0, 0.05) is 10.9 Å². The molecule has 0 aliphatic carbocycles. The Morgan fingerprint density at radius 1 is 1.47 bits per heavy atom. The van der Waals surface area contributed by atoms with Crippen LogP contribution in [0.1, 0.15) is 32.2 Å². The molecule has 0 spiro atoms. The number of amides is 1. The summed E-state index contributed by atoms with van der Waals surface area (Å²) in [5.41, 5.74) is 0.990. The number of hydrogen-bond donors (Lipinski definition) is 1. The lowest BCUT2D eigenvalue weighted by Crippen LogP contribution is -2.21. The lowest BCUT2D eigenvalue weighted by molar-refractivity contribution is 0.0598. The summed E-state index contributed by atoms with van der Waals surface area (Å²) in [5, 5.41) is 6.32. The molecule has 19 heavy (non-hydrogen) atoms. The smallest absolute Gasteiger partial charge is 0.341 e. The number of carbonyl (C=O) groups excluding carboxylic acids is 2. The van der Waals surface area contributed by atoms with Gasteiger partial charge < -0.3 is 14.5 Å². The third-order valence-electron chi connectivity index (χ3n) is 2.58. The second-order valence-electron chi connectivity index (χ2n) is 3.87. The average molecular weight is 279 g/mol. The maximum atomic E-state index is 11.7. The van der Waals surface area contributed by atoms with Crippen molar-refractivity contribution in [2.45, 2.75) is 13.5 Å². The number of thiophene rings is 1. The van der Waals surface area contributed by atoms with Gasteiger partial charge in [-0.25, -0.2) is 4.79 Å². The van der Waals surface area contributed by atoms with Crippen LogP contribution in [-0.4, -0.2) is 19.0 Å². The van der Waals surface area contributed by atoms with Gasteiger partial charge in [-0.15, -0.1) is 0 Å². The number of aryl methyl sites for hydroxylation is 1. The van der Waals surface area contributed by atoms with E-state index in [-0.39, 0.29) is 12.5 Å². The van der Waals surface area contributed by atoms with Gasteiger partial charge in [0.25, 0.3) is 5.91 Å². The van der Waals surface area contributed by atoms with Gasteiger partial charge in [-0.1, -0.05) is 0 Å². The van der Waals surface area contributed by atoms with E-state index in [9.17, 15) is 9.59 Å². The van der Waals surface area contributed by atoms with Gasteiger partial charge >= 0.3 is 5.97 Å². The largest absolute Gasteiger partial charge is 0.465 e. The predicted octanol–water partition coefficient (Wildman–Crippen LogP) is 2.37. The van der Waals surface area contributed by atoms with E-state index in [1.807, 2.05) is 5.38 Å². The van der Waals surface area contributed by atoms with Crippen molar-refractivity contribution in [1.82, 2.24) is 5.32 Å². The van der Waals surface area contributed by atoms with Gasteiger partial charge in [0.2, 0.25) is 0 Å². The van der Waals surface area contributed by atoms with Crippen LogP contribution in [0.5, 0.6) is 0 Å². The molecular weight excluding hydrogens is 266 g/mol. The van der Waals surface area contributed by atoms with E-state index in [0.29, 0.717) is 22.6 Å². The van der Waals surface area contributed by atoms with Crippen molar-refractivity contribution in [2.75, 3.05) is 7.11 Å². The van der Waals surface area contributed by atoms with Gasteiger partial charge in [-0.05, 0) is 24.4 Å². The number of carbonyl (C=O) groups is 2. The fraction of sp³-hybridized carbons (Fsp3) is 0.231. The molecule has 0 unspecified atom stereocenters. The number of nitrogens with one attached hydrogen (secondary N) is 1. The summed E-state index contributed by atoms with van der Waals surface area (Å²) in [6.45, 7) is 1.91. The molecule has 0 aliphatic rings. The highest BCUT2D eigenvalue weighted by Gasteiger charge is 2.15. The molecule has 1 N–H and O–H groups in total. The fourth-order valence-corrected chi connectivity index (χ4v) is 2.24. The summed E-state index contributed by atoms with van der Waals surface area (Å²) in [4.78, 5) is 23.1. The molecule has 0 aromatic carbocycles. The summed E-state index contributed by atoms with van der Waals surface area (Å²) >= 11 is 1.46. The van der Waals surface area contributed by atoms with Gasteiger partial charge in [0.05, 0.1) is 13.7 Å². The predicted molar refractivity (Wildman–Crippen MR) is 70.3 cm³/mol. The number of esters is 1. The summed E-state index contributed by atoms with van der Waals surface area (Å²) < 4.78 is 10.0. The molecule has 5 nitrogen and oxygen atoms in total. The first-order valence-corrected chi connectivity index (χ1v) is 6.54. The minimum absolute atomic E-state index is 0.171. The van der Waals surface area contributed by atoms with E-state index < -0.39 is 5.97 Å². The second-order valence-corrected chi connectivity index (χ2v) is 4.65. The molecule has 0 atom stereocenters. The first-order chi connectivity index (χ1) is 9.11. The zero-order valence-corrected chi connectivity index (χ0v) is 11.4. The van der Waals surface area contributed by atoms with E-state index >= 15 is 0 Å². The van der Waals surface area contributed by atoms with Crippen molar-refractivity contribution < 1.29 is 18.7 Å². The number of furan rings is 1.